The molecule has 1 heterocycles. The topological polar surface area (TPSA) is 76.7 Å². The Bertz CT molecular complexity index is 527. The summed E-state index contributed by atoms with van der Waals surface area (Å²) in [5.41, 5.74) is 0.586. The van der Waals surface area contributed by atoms with E-state index in [-0.39, 0.29) is 18.1 Å². The van der Waals surface area contributed by atoms with E-state index >= 15 is 0 Å². The molecule has 1 aliphatic rings. The highest BCUT2D eigenvalue weighted by atomic mass is 16.5. The van der Waals surface area contributed by atoms with Crippen LogP contribution in [0.1, 0.15) is 39.0 Å². The molecule has 0 aromatic heterocycles. The van der Waals surface area contributed by atoms with Gasteiger partial charge in [0, 0.05) is 31.3 Å². The van der Waals surface area contributed by atoms with Crippen molar-refractivity contribution < 1.29 is 19.1 Å². The van der Waals surface area contributed by atoms with Crippen LogP contribution in [-0.2, 0) is 9.53 Å². The number of anilines is 1. The Morgan fingerprint density at radius 2 is 2.26 bits per heavy atom. The first-order valence-electron chi connectivity index (χ1n) is 8.14. The summed E-state index contributed by atoms with van der Waals surface area (Å²) in [7, 11) is 0. The Balaban J connectivity index is 1.79. The molecule has 0 radical (unpaired) electrons. The largest absolute Gasteiger partial charge is 0.426 e. The minimum Gasteiger partial charge on any atom is -0.426 e. The number of hydrogen-bond acceptors (Lipinski definition) is 4. The first-order valence-corrected chi connectivity index (χ1v) is 8.14. The minimum absolute atomic E-state index is 0.179. The van der Waals surface area contributed by atoms with Crippen LogP contribution in [0, 0.1) is 0 Å². The summed E-state index contributed by atoms with van der Waals surface area (Å²) in [4.78, 5) is 23.5. The Kier molecular flexibility index (Phi) is 6.87. The normalized spacial score (nSPS) is 16.8. The van der Waals surface area contributed by atoms with Gasteiger partial charge in [0.05, 0.1) is 6.10 Å². The molecule has 2 N–H and O–H groups in total. The number of esters is 1. The molecule has 1 aromatic carbocycles. The summed E-state index contributed by atoms with van der Waals surface area (Å²) in [5.74, 6) is 0.142. The average Bonchev–Trinajstić information content (AvgIpc) is 3.05. The highest BCUT2D eigenvalue weighted by Gasteiger charge is 2.17. The highest BCUT2D eigenvalue weighted by Crippen LogP contribution is 2.20. The van der Waals surface area contributed by atoms with Crippen LogP contribution >= 0.6 is 0 Å². The second-order valence-electron chi connectivity index (χ2n) is 5.56. The maximum absolute atomic E-state index is 11.9. The Morgan fingerprint density at radius 3 is 3.00 bits per heavy atom. The lowest BCUT2D eigenvalue weighted by Gasteiger charge is -2.10. The summed E-state index contributed by atoms with van der Waals surface area (Å²) < 4.78 is 10.8. The number of carbonyl (C=O) groups is 2. The van der Waals surface area contributed by atoms with E-state index in [1.807, 2.05) is 6.92 Å². The lowest BCUT2D eigenvalue weighted by Crippen LogP contribution is -2.29. The first-order chi connectivity index (χ1) is 11.2. The quantitative estimate of drug-likeness (QED) is 0.598. The molecule has 1 saturated heterocycles. The van der Waals surface area contributed by atoms with E-state index in [0.717, 1.165) is 25.9 Å². The molecule has 23 heavy (non-hydrogen) atoms. The zero-order valence-electron chi connectivity index (χ0n) is 13.5. The Labute approximate surface area is 136 Å². The van der Waals surface area contributed by atoms with Gasteiger partial charge in [-0.15, -0.1) is 0 Å². The third-order valence-corrected chi connectivity index (χ3v) is 3.55. The van der Waals surface area contributed by atoms with Crippen LogP contribution in [0.2, 0.25) is 0 Å². The third kappa shape index (κ3) is 6.28. The third-order valence-electron chi connectivity index (χ3n) is 3.55. The van der Waals surface area contributed by atoms with Crippen molar-refractivity contribution in [1.82, 2.24) is 5.32 Å². The lowest BCUT2D eigenvalue weighted by atomic mass is 10.1. The van der Waals surface area contributed by atoms with Gasteiger partial charge in [0.25, 0.3) is 0 Å². The van der Waals surface area contributed by atoms with E-state index in [1.54, 1.807) is 24.3 Å². The van der Waals surface area contributed by atoms with Crippen molar-refractivity contribution >= 4 is 17.7 Å². The molecule has 1 fully saturated rings. The maximum Gasteiger partial charge on any atom is 0.319 e. The molecule has 1 atom stereocenters. The summed E-state index contributed by atoms with van der Waals surface area (Å²) in [6, 6.07) is 6.54. The van der Waals surface area contributed by atoms with Gasteiger partial charge in [-0.2, -0.15) is 0 Å². The number of hydrogen-bond donors (Lipinski definition) is 2. The molecule has 0 bridgehead atoms. The molecule has 6 nitrogen and oxygen atoms in total. The number of urea groups is 1. The molecule has 1 aromatic rings. The van der Waals surface area contributed by atoms with E-state index in [1.165, 1.54) is 0 Å². The zero-order valence-corrected chi connectivity index (χ0v) is 13.5. The van der Waals surface area contributed by atoms with Crippen LogP contribution in [-0.4, -0.2) is 31.3 Å². The van der Waals surface area contributed by atoms with Gasteiger partial charge < -0.3 is 20.1 Å². The molecule has 1 unspecified atom stereocenters. The van der Waals surface area contributed by atoms with Crippen LogP contribution < -0.4 is 15.4 Å². The first kappa shape index (κ1) is 17.3. The van der Waals surface area contributed by atoms with Crippen LogP contribution in [0.15, 0.2) is 24.3 Å². The molecule has 0 spiro atoms. The Morgan fingerprint density at radius 1 is 1.39 bits per heavy atom. The van der Waals surface area contributed by atoms with Gasteiger partial charge >= 0.3 is 12.0 Å². The molecule has 126 valence electrons. The second-order valence-corrected chi connectivity index (χ2v) is 5.56. The zero-order chi connectivity index (χ0) is 16.5. The lowest BCUT2D eigenvalue weighted by molar-refractivity contribution is -0.135. The van der Waals surface area contributed by atoms with Gasteiger partial charge in [-0.1, -0.05) is 13.0 Å². The standard InChI is InChI=1S/C17H24N2O4/c1-2-10-18-17(21)19-13-5-3-6-15(12-13)23-16(20)9-8-14-7-4-11-22-14/h3,5-6,12,14H,2,4,7-11H2,1H3,(H2,18,19,21). The number of ether oxygens (including phenoxy) is 2. The van der Waals surface area contributed by atoms with Gasteiger partial charge in [0.15, 0.2) is 0 Å². The van der Waals surface area contributed by atoms with E-state index in [2.05, 4.69) is 10.6 Å². The smallest absolute Gasteiger partial charge is 0.319 e. The van der Waals surface area contributed by atoms with Crippen LogP contribution in [0.4, 0.5) is 10.5 Å². The van der Waals surface area contributed by atoms with Crippen molar-refractivity contribution in [3.63, 3.8) is 0 Å². The van der Waals surface area contributed by atoms with Crippen molar-refractivity contribution in [2.45, 2.75) is 45.1 Å². The van der Waals surface area contributed by atoms with Gasteiger partial charge in [-0.3, -0.25) is 4.79 Å². The molecule has 6 heteroatoms. The second kappa shape index (κ2) is 9.15. The number of nitrogens with one attached hydrogen (secondary N) is 2. The van der Waals surface area contributed by atoms with E-state index in [0.29, 0.717) is 30.8 Å². The predicted octanol–water partition coefficient (Wildman–Crippen LogP) is 3.08. The average molecular weight is 320 g/mol. The van der Waals surface area contributed by atoms with E-state index < -0.39 is 0 Å². The fourth-order valence-corrected chi connectivity index (χ4v) is 2.38. The molecule has 2 rings (SSSR count). The minimum atomic E-state index is -0.284. The molecular weight excluding hydrogens is 296 g/mol. The molecule has 0 aliphatic carbocycles. The summed E-state index contributed by atoms with van der Waals surface area (Å²) in [5, 5.41) is 5.43. The molecular formula is C17H24N2O4. The predicted molar refractivity (Wildman–Crippen MR) is 87.6 cm³/mol. The molecule has 0 saturated carbocycles. The SMILES string of the molecule is CCCNC(=O)Nc1cccc(OC(=O)CCC2CCCO2)c1. The molecule has 2 amide bonds. The van der Waals surface area contributed by atoms with E-state index in [9.17, 15) is 9.59 Å². The number of amides is 2. The highest BCUT2D eigenvalue weighted by molar-refractivity contribution is 5.89. The number of carbonyl (C=O) groups excluding carboxylic acids is 2. The summed E-state index contributed by atoms with van der Waals surface area (Å²) in [6.45, 7) is 3.38. The van der Waals surface area contributed by atoms with Crippen LogP contribution in [0.3, 0.4) is 0 Å². The van der Waals surface area contributed by atoms with Gasteiger partial charge in [-0.05, 0) is 37.8 Å². The molecule has 1 aliphatic heterocycles. The van der Waals surface area contributed by atoms with Crippen molar-refractivity contribution in [2.24, 2.45) is 0 Å². The van der Waals surface area contributed by atoms with Gasteiger partial charge in [-0.25, -0.2) is 4.79 Å². The van der Waals surface area contributed by atoms with Crippen molar-refractivity contribution in [3.8, 4) is 5.75 Å². The van der Waals surface area contributed by atoms with E-state index in [4.69, 9.17) is 9.47 Å². The summed E-state index contributed by atoms with van der Waals surface area (Å²) in [6.07, 6.45) is 4.15. The summed E-state index contributed by atoms with van der Waals surface area (Å²) >= 11 is 0. The number of rotatable bonds is 7. The number of benzene rings is 1. The monoisotopic (exact) mass is 320 g/mol. The fourth-order valence-electron chi connectivity index (χ4n) is 2.38. The fraction of sp³-hybridized carbons (Fsp3) is 0.529. The Hall–Kier alpha value is -2.08. The van der Waals surface area contributed by atoms with Gasteiger partial charge in [0.1, 0.15) is 5.75 Å². The maximum atomic E-state index is 11.9. The van der Waals surface area contributed by atoms with Crippen molar-refractivity contribution in [1.29, 1.82) is 0 Å². The van der Waals surface area contributed by atoms with Crippen LogP contribution in [0.5, 0.6) is 5.75 Å². The van der Waals surface area contributed by atoms with Crippen LogP contribution in [0.25, 0.3) is 0 Å². The van der Waals surface area contributed by atoms with Gasteiger partial charge in [0.2, 0.25) is 0 Å². The van der Waals surface area contributed by atoms with Crippen molar-refractivity contribution in [2.75, 3.05) is 18.5 Å². The van der Waals surface area contributed by atoms with Crippen molar-refractivity contribution in [3.05, 3.63) is 24.3 Å².